The summed E-state index contributed by atoms with van der Waals surface area (Å²) in [6, 6.07) is 9.18. The van der Waals surface area contributed by atoms with Crippen molar-refractivity contribution in [3.63, 3.8) is 0 Å². The number of urea groups is 1. The van der Waals surface area contributed by atoms with E-state index >= 15 is 0 Å². The molecule has 0 spiro atoms. The monoisotopic (exact) mass is 262 g/mol. The molecule has 3 amide bonds. The van der Waals surface area contributed by atoms with Crippen LogP contribution in [0.1, 0.15) is 12.8 Å². The van der Waals surface area contributed by atoms with Crippen LogP contribution in [0.25, 0.3) is 0 Å². The average Bonchev–Trinajstić information content (AvgIpc) is 2.47. The summed E-state index contributed by atoms with van der Waals surface area (Å²) in [6.45, 7) is 1.13. The molecule has 102 valence electrons. The highest BCUT2D eigenvalue weighted by Crippen LogP contribution is 2.18. The molecule has 1 saturated heterocycles. The Morgan fingerprint density at radius 3 is 2.37 bits per heavy atom. The molecular weight excluding hydrogens is 244 g/mol. The van der Waals surface area contributed by atoms with Gasteiger partial charge in [-0.1, -0.05) is 18.2 Å². The summed E-state index contributed by atoms with van der Waals surface area (Å²) in [5.74, 6) is 4.87. The second-order valence-corrected chi connectivity index (χ2v) is 4.57. The Balaban J connectivity index is 1.84. The van der Waals surface area contributed by atoms with Gasteiger partial charge in [-0.05, 0) is 25.0 Å². The summed E-state index contributed by atoms with van der Waals surface area (Å²) in [5.41, 5.74) is 2.93. The van der Waals surface area contributed by atoms with E-state index in [0.717, 1.165) is 5.69 Å². The minimum absolute atomic E-state index is 0.0919. The van der Waals surface area contributed by atoms with Crippen LogP contribution in [0.15, 0.2) is 30.3 Å². The van der Waals surface area contributed by atoms with Gasteiger partial charge < -0.3 is 10.2 Å². The number of hydrazine groups is 1. The zero-order chi connectivity index (χ0) is 13.7. The fourth-order valence-electron chi connectivity index (χ4n) is 2.19. The number of hydrogen-bond acceptors (Lipinski definition) is 3. The fraction of sp³-hybridized carbons (Fsp3) is 0.385. The first-order valence-corrected chi connectivity index (χ1v) is 6.32. The maximum atomic E-state index is 12.0. The minimum atomic E-state index is -0.150. The van der Waals surface area contributed by atoms with Crippen molar-refractivity contribution in [2.24, 2.45) is 11.8 Å². The highest BCUT2D eigenvalue weighted by Gasteiger charge is 2.26. The maximum Gasteiger partial charge on any atom is 0.321 e. The summed E-state index contributed by atoms with van der Waals surface area (Å²) in [4.78, 5) is 25.1. The van der Waals surface area contributed by atoms with Crippen molar-refractivity contribution < 1.29 is 9.59 Å². The maximum absolute atomic E-state index is 12.0. The van der Waals surface area contributed by atoms with Gasteiger partial charge in [-0.15, -0.1) is 0 Å². The summed E-state index contributed by atoms with van der Waals surface area (Å²) < 4.78 is 0. The molecule has 1 aromatic rings. The molecule has 0 saturated carbocycles. The molecule has 19 heavy (non-hydrogen) atoms. The third-order valence-electron chi connectivity index (χ3n) is 3.32. The normalized spacial score (nSPS) is 15.9. The van der Waals surface area contributed by atoms with Crippen molar-refractivity contribution in [2.75, 3.05) is 18.4 Å². The van der Waals surface area contributed by atoms with Crippen LogP contribution in [-0.2, 0) is 4.79 Å². The second kappa shape index (κ2) is 6.19. The molecule has 0 bridgehead atoms. The summed E-state index contributed by atoms with van der Waals surface area (Å²) in [5, 5.41) is 2.83. The van der Waals surface area contributed by atoms with Gasteiger partial charge in [0.1, 0.15) is 0 Å². The van der Waals surface area contributed by atoms with Gasteiger partial charge in [0, 0.05) is 24.7 Å². The van der Waals surface area contributed by atoms with Crippen LogP contribution in [0.4, 0.5) is 10.5 Å². The van der Waals surface area contributed by atoms with Crippen molar-refractivity contribution >= 4 is 17.6 Å². The molecule has 1 aliphatic rings. The van der Waals surface area contributed by atoms with Gasteiger partial charge in [0.15, 0.2) is 0 Å². The Morgan fingerprint density at radius 1 is 1.16 bits per heavy atom. The molecule has 0 unspecified atom stereocenters. The van der Waals surface area contributed by atoms with E-state index in [1.54, 1.807) is 4.90 Å². The lowest BCUT2D eigenvalue weighted by molar-refractivity contribution is -0.126. The number of nitrogens with two attached hydrogens (primary N) is 1. The SMILES string of the molecule is NNC(=O)C1CCN(C(=O)Nc2ccccc2)CC1. The summed E-state index contributed by atoms with van der Waals surface area (Å²) in [6.07, 6.45) is 1.29. The highest BCUT2D eigenvalue weighted by molar-refractivity contribution is 5.89. The van der Waals surface area contributed by atoms with Crippen molar-refractivity contribution in [1.29, 1.82) is 0 Å². The Morgan fingerprint density at radius 2 is 1.79 bits per heavy atom. The average molecular weight is 262 g/mol. The number of benzene rings is 1. The number of hydrogen-bond donors (Lipinski definition) is 3. The molecule has 6 heteroatoms. The first kappa shape index (κ1) is 13.4. The molecule has 0 aromatic heterocycles. The Hall–Kier alpha value is -2.08. The molecule has 6 nitrogen and oxygen atoms in total. The number of para-hydroxylation sites is 1. The number of likely N-dealkylation sites (tertiary alicyclic amines) is 1. The minimum Gasteiger partial charge on any atom is -0.324 e. The third kappa shape index (κ3) is 3.45. The van der Waals surface area contributed by atoms with Crippen LogP contribution < -0.4 is 16.6 Å². The van der Waals surface area contributed by atoms with E-state index in [0.29, 0.717) is 25.9 Å². The number of amides is 3. The smallest absolute Gasteiger partial charge is 0.321 e. The van der Waals surface area contributed by atoms with E-state index < -0.39 is 0 Å². The van der Waals surface area contributed by atoms with Gasteiger partial charge in [-0.2, -0.15) is 0 Å². The molecule has 1 heterocycles. The van der Waals surface area contributed by atoms with Crippen molar-refractivity contribution in [2.45, 2.75) is 12.8 Å². The second-order valence-electron chi connectivity index (χ2n) is 4.57. The van der Waals surface area contributed by atoms with Gasteiger partial charge in [-0.25, -0.2) is 10.6 Å². The van der Waals surface area contributed by atoms with Crippen LogP contribution >= 0.6 is 0 Å². The first-order valence-electron chi connectivity index (χ1n) is 6.32. The Kier molecular flexibility index (Phi) is 4.35. The number of anilines is 1. The van der Waals surface area contributed by atoms with E-state index in [-0.39, 0.29) is 17.9 Å². The lowest BCUT2D eigenvalue weighted by Gasteiger charge is -2.31. The number of rotatable bonds is 2. The van der Waals surface area contributed by atoms with Gasteiger partial charge in [0.2, 0.25) is 5.91 Å². The van der Waals surface area contributed by atoms with Crippen LogP contribution in [0.2, 0.25) is 0 Å². The number of carbonyl (C=O) groups is 2. The molecule has 4 N–H and O–H groups in total. The van der Waals surface area contributed by atoms with Gasteiger partial charge in [-0.3, -0.25) is 10.2 Å². The predicted molar refractivity (Wildman–Crippen MR) is 72.1 cm³/mol. The lowest BCUT2D eigenvalue weighted by atomic mass is 9.96. The number of nitrogens with one attached hydrogen (secondary N) is 2. The fourth-order valence-corrected chi connectivity index (χ4v) is 2.19. The molecule has 1 fully saturated rings. The van der Waals surface area contributed by atoms with Crippen molar-refractivity contribution in [3.05, 3.63) is 30.3 Å². The van der Waals surface area contributed by atoms with E-state index in [1.165, 1.54) is 0 Å². The van der Waals surface area contributed by atoms with Crippen molar-refractivity contribution in [3.8, 4) is 0 Å². The van der Waals surface area contributed by atoms with Crippen LogP contribution in [-0.4, -0.2) is 29.9 Å². The Bertz CT molecular complexity index is 441. The number of nitrogens with zero attached hydrogens (tertiary/aromatic N) is 1. The molecule has 1 aliphatic heterocycles. The molecule has 2 rings (SSSR count). The highest BCUT2D eigenvalue weighted by atomic mass is 16.2. The van der Waals surface area contributed by atoms with Crippen LogP contribution in [0.5, 0.6) is 0 Å². The molecule has 0 radical (unpaired) electrons. The molecule has 0 atom stereocenters. The molecule has 0 aliphatic carbocycles. The number of carbonyl (C=O) groups excluding carboxylic acids is 2. The van der Waals surface area contributed by atoms with E-state index in [4.69, 9.17) is 5.84 Å². The largest absolute Gasteiger partial charge is 0.324 e. The van der Waals surface area contributed by atoms with E-state index in [2.05, 4.69) is 10.7 Å². The van der Waals surface area contributed by atoms with Gasteiger partial charge in [0.05, 0.1) is 0 Å². The van der Waals surface area contributed by atoms with Gasteiger partial charge >= 0.3 is 6.03 Å². The van der Waals surface area contributed by atoms with Crippen LogP contribution in [0.3, 0.4) is 0 Å². The van der Waals surface area contributed by atoms with Crippen molar-refractivity contribution in [1.82, 2.24) is 10.3 Å². The quantitative estimate of drug-likeness (QED) is 0.421. The van der Waals surface area contributed by atoms with E-state index in [9.17, 15) is 9.59 Å². The first-order chi connectivity index (χ1) is 9.20. The van der Waals surface area contributed by atoms with Gasteiger partial charge in [0.25, 0.3) is 0 Å². The summed E-state index contributed by atoms with van der Waals surface area (Å²) >= 11 is 0. The van der Waals surface area contributed by atoms with E-state index in [1.807, 2.05) is 30.3 Å². The third-order valence-corrected chi connectivity index (χ3v) is 3.32. The zero-order valence-electron chi connectivity index (χ0n) is 10.6. The molecule has 1 aromatic carbocycles. The number of piperidine rings is 1. The molecular formula is C13H18N4O2. The lowest BCUT2D eigenvalue weighted by Crippen LogP contribution is -2.45. The summed E-state index contributed by atoms with van der Waals surface area (Å²) in [7, 11) is 0. The Labute approximate surface area is 111 Å². The standard InChI is InChI=1S/C13H18N4O2/c14-16-12(18)10-6-8-17(9-7-10)13(19)15-11-4-2-1-3-5-11/h1-5,10H,6-9,14H2,(H,15,19)(H,16,18). The zero-order valence-corrected chi connectivity index (χ0v) is 10.6. The predicted octanol–water partition coefficient (Wildman–Crippen LogP) is 0.920. The van der Waals surface area contributed by atoms with Crippen LogP contribution in [0, 0.1) is 5.92 Å². The topological polar surface area (TPSA) is 87.5 Å².